The van der Waals surface area contributed by atoms with E-state index in [1.165, 1.54) is 0 Å². The summed E-state index contributed by atoms with van der Waals surface area (Å²) in [6.45, 7) is 5.31. The number of furan rings is 1. The van der Waals surface area contributed by atoms with E-state index in [0.717, 1.165) is 18.1 Å². The summed E-state index contributed by atoms with van der Waals surface area (Å²) >= 11 is 0. The molecule has 0 atom stereocenters. The van der Waals surface area contributed by atoms with Crippen LogP contribution in [0.2, 0.25) is 0 Å². The van der Waals surface area contributed by atoms with Crippen LogP contribution in [0.25, 0.3) is 0 Å². The van der Waals surface area contributed by atoms with Crippen molar-refractivity contribution in [3.05, 3.63) is 23.7 Å². The Balaban J connectivity index is 2.24. The number of aryl methyl sites for hydroxylation is 1. The van der Waals surface area contributed by atoms with Crippen molar-refractivity contribution in [2.75, 3.05) is 42.8 Å². The third-order valence-electron chi connectivity index (χ3n) is 2.88. The normalized spacial score (nSPS) is 10.5. The van der Waals surface area contributed by atoms with Crippen LogP contribution in [-0.2, 0) is 6.54 Å². The molecule has 7 nitrogen and oxygen atoms in total. The molecule has 0 radical (unpaired) electrons. The summed E-state index contributed by atoms with van der Waals surface area (Å²) in [5.41, 5.74) is 0. The zero-order valence-electron chi connectivity index (χ0n) is 13.2. The predicted molar refractivity (Wildman–Crippen MR) is 83.9 cm³/mol. The molecule has 0 bridgehead atoms. The van der Waals surface area contributed by atoms with E-state index in [1.54, 1.807) is 0 Å². The first-order valence-corrected chi connectivity index (χ1v) is 6.93. The van der Waals surface area contributed by atoms with E-state index in [4.69, 9.17) is 4.42 Å². The van der Waals surface area contributed by atoms with Gasteiger partial charge in [-0.15, -0.1) is 0 Å². The molecule has 7 heteroatoms. The minimum absolute atomic E-state index is 0.577. The van der Waals surface area contributed by atoms with Gasteiger partial charge in [0.1, 0.15) is 11.5 Å². The molecule has 114 valence electrons. The van der Waals surface area contributed by atoms with Crippen molar-refractivity contribution in [2.45, 2.75) is 20.4 Å². The monoisotopic (exact) mass is 290 g/mol. The maximum absolute atomic E-state index is 5.59. The highest BCUT2D eigenvalue weighted by Crippen LogP contribution is 2.17. The fraction of sp³-hybridized carbons (Fsp3) is 0.500. The van der Waals surface area contributed by atoms with Gasteiger partial charge in [-0.25, -0.2) is 0 Å². The smallest absolute Gasteiger partial charge is 0.232 e. The highest BCUT2D eigenvalue weighted by atomic mass is 16.3. The third kappa shape index (κ3) is 3.84. The maximum Gasteiger partial charge on any atom is 0.232 e. The van der Waals surface area contributed by atoms with E-state index in [-0.39, 0.29) is 0 Å². The zero-order valence-corrected chi connectivity index (χ0v) is 13.2. The summed E-state index contributed by atoms with van der Waals surface area (Å²) in [5.74, 6) is 3.59. The molecule has 0 amide bonds. The van der Waals surface area contributed by atoms with Gasteiger partial charge in [-0.3, -0.25) is 0 Å². The first-order chi connectivity index (χ1) is 9.99. The Kier molecular flexibility index (Phi) is 4.62. The minimum Gasteiger partial charge on any atom is -0.464 e. The van der Waals surface area contributed by atoms with Gasteiger partial charge in [-0.05, 0) is 26.0 Å². The van der Waals surface area contributed by atoms with Crippen molar-refractivity contribution in [3.8, 4) is 0 Å². The number of anilines is 3. The molecule has 21 heavy (non-hydrogen) atoms. The lowest BCUT2D eigenvalue weighted by Gasteiger charge is -2.19. The average molecular weight is 290 g/mol. The molecule has 1 N–H and O–H groups in total. The Morgan fingerprint density at radius 2 is 1.81 bits per heavy atom. The summed E-state index contributed by atoms with van der Waals surface area (Å²) in [6.07, 6.45) is 0. The minimum atomic E-state index is 0.577. The Morgan fingerprint density at radius 1 is 1.10 bits per heavy atom. The first kappa shape index (κ1) is 15.1. The molecule has 0 saturated carbocycles. The summed E-state index contributed by atoms with van der Waals surface area (Å²) in [6, 6.07) is 3.91. The summed E-state index contributed by atoms with van der Waals surface area (Å²) in [7, 11) is 5.75. The van der Waals surface area contributed by atoms with Gasteiger partial charge in [0.05, 0.1) is 6.54 Å². The number of hydrogen-bond acceptors (Lipinski definition) is 7. The third-order valence-corrected chi connectivity index (χ3v) is 2.88. The number of rotatable bonds is 6. The second kappa shape index (κ2) is 6.43. The standard InChI is InChI=1S/C14H22N6O/c1-6-15-12-16-13(19(3)4)18-14(17-12)20(5)9-11-8-7-10(2)21-11/h7-8H,6,9H2,1-5H3,(H,15,16,17,18). The van der Waals surface area contributed by atoms with E-state index >= 15 is 0 Å². The molecule has 0 aliphatic rings. The van der Waals surface area contributed by atoms with Crippen LogP contribution in [0.5, 0.6) is 0 Å². The van der Waals surface area contributed by atoms with Gasteiger partial charge in [0.15, 0.2) is 0 Å². The number of nitrogens with one attached hydrogen (secondary N) is 1. The molecule has 0 fully saturated rings. The highest BCUT2D eigenvalue weighted by Gasteiger charge is 2.13. The van der Waals surface area contributed by atoms with Crippen LogP contribution >= 0.6 is 0 Å². The van der Waals surface area contributed by atoms with Crippen LogP contribution in [0.3, 0.4) is 0 Å². The van der Waals surface area contributed by atoms with Crippen molar-refractivity contribution in [1.82, 2.24) is 15.0 Å². The fourth-order valence-corrected chi connectivity index (χ4v) is 1.84. The lowest BCUT2D eigenvalue weighted by molar-refractivity contribution is 0.480. The van der Waals surface area contributed by atoms with E-state index in [0.29, 0.717) is 24.4 Å². The predicted octanol–water partition coefficient (Wildman–Crippen LogP) is 1.91. The topological polar surface area (TPSA) is 70.3 Å². The largest absolute Gasteiger partial charge is 0.464 e. The van der Waals surface area contributed by atoms with E-state index in [9.17, 15) is 0 Å². The van der Waals surface area contributed by atoms with Crippen molar-refractivity contribution < 1.29 is 4.42 Å². The van der Waals surface area contributed by atoms with Gasteiger partial charge in [0.2, 0.25) is 17.8 Å². The van der Waals surface area contributed by atoms with Crippen LogP contribution in [0, 0.1) is 6.92 Å². The second-order valence-corrected chi connectivity index (χ2v) is 5.05. The molecule has 0 aliphatic carbocycles. The molecule has 0 saturated heterocycles. The van der Waals surface area contributed by atoms with Gasteiger partial charge in [-0.1, -0.05) is 0 Å². The quantitative estimate of drug-likeness (QED) is 0.871. The molecule has 2 aromatic rings. The number of nitrogens with zero attached hydrogens (tertiary/aromatic N) is 5. The Labute approximate surface area is 125 Å². The molecule has 0 spiro atoms. The van der Waals surface area contributed by atoms with Gasteiger partial charge >= 0.3 is 0 Å². The molecule has 2 aromatic heterocycles. The van der Waals surface area contributed by atoms with Gasteiger partial charge in [-0.2, -0.15) is 15.0 Å². The fourth-order valence-electron chi connectivity index (χ4n) is 1.84. The van der Waals surface area contributed by atoms with Gasteiger partial charge < -0.3 is 19.5 Å². The van der Waals surface area contributed by atoms with Crippen LogP contribution in [0.15, 0.2) is 16.5 Å². The molecular weight excluding hydrogens is 268 g/mol. The van der Waals surface area contributed by atoms with Crippen LogP contribution in [-0.4, -0.2) is 42.6 Å². The molecule has 0 aromatic carbocycles. The Morgan fingerprint density at radius 3 is 2.38 bits per heavy atom. The Hall–Kier alpha value is -2.31. The first-order valence-electron chi connectivity index (χ1n) is 6.93. The molecule has 2 heterocycles. The lowest BCUT2D eigenvalue weighted by Crippen LogP contribution is -2.22. The average Bonchev–Trinajstić information content (AvgIpc) is 2.84. The lowest BCUT2D eigenvalue weighted by atomic mass is 10.4. The molecule has 0 unspecified atom stereocenters. The summed E-state index contributed by atoms with van der Waals surface area (Å²) in [5, 5.41) is 3.13. The Bertz CT molecular complexity index is 595. The van der Waals surface area contributed by atoms with Crippen LogP contribution < -0.4 is 15.1 Å². The van der Waals surface area contributed by atoms with Crippen molar-refractivity contribution in [3.63, 3.8) is 0 Å². The molecular formula is C14H22N6O. The second-order valence-electron chi connectivity index (χ2n) is 5.05. The molecule has 2 rings (SSSR count). The van der Waals surface area contributed by atoms with E-state index < -0.39 is 0 Å². The zero-order chi connectivity index (χ0) is 15.4. The number of hydrogen-bond donors (Lipinski definition) is 1. The van der Waals surface area contributed by atoms with Crippen molar-refractivity contribution in [1.29, 1.82) is 0 Å². The van der Waals surface area contributed by atoms with E-state index in [1.807, 2.05) is 56.9 Å². The molecule has 0 aliphatic heterocycles. The van der Waals surface area contributed by atoms with Gasteiger partial charge in [0.25, 0.3) is 0 Å². The maximum atomic E-state index is 5.59. The number of aromatic nitrogens is 3. The van der Waals surface area contributed by atoms with Crippen LogP contribution in [0.4, 0.5) is 17.8 Å². The SMILES string of the molecule is CCNc1nc(N(C)C)nc(N(C)Cc2ccc(C)o2)n1. The summed E-state index contributed by atoms with van der Waals surface area (Å²) in [4.78, 5) is 17.1. The highest BCUT2D eigenvalue weighted by molar-refractivity contribution is 5.44. The van der Waals surface area contributed by atoms with E-state index in [2.05, 4.69) is 20.3 Å². The van der Waals surface area contributed by atoms with Crippen molar-refractivity contribution >= 4 is 17.8 Å². The van der Waals surface area contributed by atoms with Crippen molar-refractivity contribution in [2.24, 2.45) is 0 Å². The van der Waals surface area contributed by atoms with Gasteiger partial charge in [0, 0.05) is 27.7 Å². The van der Waals surface area contributed by atoms with Crippen LogP contribution in [0.1, 0.15) is 18.4 Å². The summed E-state index contributed by atoms with van der Waals surface area (Å²) < 4.78 is 5.59.